The monoisotopic (exact) mass is 231 g/mol. The molecule has 0 saturated carbocycles. The van der Waals surface area contributed by atoms with Gasteiger partial charge in [-0.25, -0.2) is 0 Å². The van der Waals surface area contributed by atoms with Crippen LogP contribution in [-0.2, 0) is 5.41 Å². The molecule has 0 amide bonds. The third kappa shape index (κ3) is 2.40. The van der Waals surface area contributed by atoms with Crippen LogP contribution in [0.25, 0.3) is 0 Å². The molecule has 1 aliphatic rings. The van der Waals surface area contributed by atoms with Crippen LogP contribution in [0.4, 0.5) is 0 Å². The van der Waals surface area contributed by atoms with E-state index < -0.39 is 0 Å². The molecule has 1 heteroatoms. The highest BCUT2D eigenvalue weighted by Gasteiger charge is 2.25. The average molecular weight is 231 g/mol. The minimum Gasteiger partial charge on any atom is -0.309 e. The highest BCUT2D eigenvalue weighted by molar-refractivity contribution is 5.40. The molecule has 0 aromatic heterocycles. The van der Waals surface area contributed by atoms with Gasteiger partial charge in [-0.3, -0.25) is 0 Å². The van der Waals surface area contributed by atoms with Gasteiger partial charge in [-0.05, 0) is 34.4 Å². The van der Waals surface area contributed by atoms with E-state index in [0.717, 1.165) is 6.54 Å². The predicted molar refractivity (Wildman–Crippen MR) is 74.6 cm³/mol. The molecule has 17 heavy (non-hydrogen) atoms. The SMILES string of the molecule is CCC1NCC(C)c2ccc(C(C)(C)C)cc21. The molecule has 1 nitrogen and oxygen atoms in total. The predicted octanol–water partition coefficient (Wildman–Crippen LogP) is 4.14. The van der Waals surface area contributed by atoms with Crippen LogP contribution in [0.15, 0.2) is 18.2 Å². The van der Waals surface area contributed by atoms with E-state index in [9.17, 15) is 0 Å². The van der Waals surface area contributed by atoms with E-state index in [2.05, 4.69) is 58.1 Å². The summed E-state index contributed by atoms with van der Waals surface area (Å²) in [6, 6.07) is 7.63. The summed E-state index contributed by atoms with van der Waals surface area (Å²) >= 11 is 0. The second kappa shape index (κ2) is 4.45. The van der Waals surface area contributed by atoms with E-state index in [1.807, 2.05) is 0 Å². The Kier molecular flexibility index (Phi) is 3.31. The Balaban J connectivity index is 2.48. The molecule has 2 atom stereocenters. The highest BCUT2D eigenvalue weighted by Crippen LogP contribution is 2.34. The van der Waals surface area contributed by atoms with E-state index in [0.29, 0.717) is 12.0 Å². The van der Waals surface area contributed by atoms with Gasteiger partial charge in [-0.2, -0.15) is 0 Å². The number of benzene rings is 1. The number of hydrogen-bond donors (Lipinski definition) is 1. The van der Waals surface area contributed by atoms with Gasteiger partial charge in [0.2, 0.25) is 0 Å². The van der Waals surface area contributed by atoms with E-state index in [4.69, 9.17) is 0 Å². The number of rotatable bonds is 1. The maximum atomic E-state index is 3.65. The van der Waals surface area contributed by atoms with Crippen molar-refractivity contribution in [2.45, 2.75) is 58.4 Å². The fourth-order valence-electron chi connectivity index (χ4n) is 2.70. The Hall–Kier alpha value is -0.820. The lowest BCUT2D eigenvalue weighted by molar-refractivity contribution is 0.455. The van der Waals surface area contributed by atoms with Crippen LogP contribution < -0.4 is 5.32 Å². The molecule has 2 unspecified atom stereocenters. The molecule has 0 aliphatic carbocycles. The first-order valence-electron chi connectivity index (χ1n) is 6.81. The van der Waals surface area contributed by atoms with Gasteiger partial charge >= 0.3 is 0 Å². The standard InChI is InChI=1S/C16H25N/c1-6-15-14-9-12(16(3,4)5)7-8-13(14)11(2)10-17-15/h7-9,11,15,17H,6,10H2,1-5H3. The van der Waals surface area contributed by atoms with Crippen molar-refractivity contribution in [3.8, 4) is 0 Å². The van der Waals surface area contributed by atoms with Crippen LogP contribution in [0, 0.1) is 0 Å². The first-order valence-corrected chi connectivity index (χ1v) is 6.81. The summed E-state index contributed by atoms with van der Waals surface area (Å²) in [6.45, 7) is 12.6. The number of hydrogen-bond acceptors (Lipinski definition) is 1. The zero-order chi connectivity index (χ0) is 12.6. The van der Waals surface area contributed by atoms with Gasteiger partial charge < -0.3 is 5.32 Å². The molecule has 0 spiro atoms. The summed E-state index contributed by atoms with van der Waals surface area (Å²) in [7, 11) is 0. The minimum atomic E-state index is 0.244. The number of fused-ring (bicyclic) bond motifs is 1. The van der Waals surface area contributed by atoms with Gasteiger partial charge in [0, 0.05) is 12.6 Å². The Morgan fingerprint density at radius 1 is 1.24 bits per heavy atom. The van der Waals surface area contributed by atoms with Crippen molar-refractivity contribution in [1.82, 2.24) is 5.32 Å². The van der Waals surface area contributed by atoms with Gasteiger partial charge in [0.05, 0.1) is 0 Å². The summed E-state index contributed by atoms with van der Waals surface area (Å²) in [5.41, 5.74) is 4.77. The van der Waals surface area contributed by atoms with Crippen LogP contribution in [0.3, 0.4) is 0 Å². The Bertz CT molecular complexity index is 400. The molecule has 1 aromatic rings. The van der Waals surface area contributed by atoms with Crippen LogP contribution in [0.5, 0.6) is 0 Å². The van der Waals surface area contributed by atoms with Crippen LogP contribution in [0.2, 0.25) is 0 Å². The minimum absolute atomic E-state index is 0.244. The average Bonchev–Trinajstić information content (AvgIpc) is 2.28. The molecule has 0 fully saturated rings. The van der Waals surface area contributed by atoms with Gasteiger partial charge in [-0.15, -0.1) is 0 Å². The van der Waals surface area contributed by atoms with Gasteiger partial charge in [-0.1, -0.05) is 52.8 Å². The second-order valence-electron chi connectivity index (χ2n) is 6.36. The molecular formula is C16H25N. The van der Waals surface area contributed by atoms with Crippen molar-refractivity contribution in [2.24, 2.45) is 0 Å². The maximum Gasteiger partial charge on any atom is 0.0320 e. The molecule has 2 rings (SSSR count). The molecule has 1 N–H and O–H groups in total. The Labute approximate surface area is 106 Å². The van der Waals surface area contributed by atoms with Crippen LogP contribution in [-0.4, -0.2) is 6.54 Å². The first kappa shape index (κ1) is 12.6. The summed E-state index contributed by atoms with van der Waals surface area (Å²) in [6.07, 6.45) is 1.17. The molecular weight excluding hydrogens is 206 g/mol. The maximum absolute atomic E-state index is 3.65. The van der Waals surface area contributed by atoms with Gasteiger partial charge in [0.15, 0.2) is 0 Å². The summed E-state index contributed by atoms with van der Waals surface area (Å²) in [4.78, 5) is 0. The Morgan fingerprint density at radius 3 is 2.53 bits per heavy atom. The van der Waals surface area contributed by atoms with Crippen molar-refractivity contribution in [1.29, 1.82) is 0 Å². The first-order chi connectivity index (χ1) is 7.93. The normalized spacial score (nSPS) is 24.5. The Morgan fingerprint density at radius 2 is 1.94 bits per heavy atom. The van der Waals surface area contributed by atoms with E-state index in [-0.39, 0.29) is 5.41 Å². The molecule has 0 radical (unpaired) electrons. The molecule has 0 bridgehead atoms. The van der Waals surface area contributed by atoms with E-state index >= 15 is 0 Å². The van der Waals surface area contributed by atoms with E-state index in [1.54, 1.807) is 5.56 Å². The van der Waals surface area contributed by atoms with Crippen molar-refractivity contribution < 1.29 is 0 Å². The smallest absolute Gasteiger partial charge is 0.0320 e. The molecule has 1 aliphatic heterocycles. The summed E-state index contributed by atoms with van der Waals surface area (Å²) in [5, 5.41) is 3.65. The lowest BCUT2D eigenvalue weighted by Crippen LogP contribution is -2.32. The quantitative estimate of drug-likeness (QED) is 0.766. The molecule has 94 valence electrons. The van der Waals surface area contributed by atoms with Gasteiger partial charge in [0.25, 0.3) is 0 Å². The zero-order valence-corrected chi connectivity index (χ0v) is 11.8. The van der Waals surface area contributed by atoms with Crippen molar-refractivity contribution in [3.05, 3.63) is 34.9 Å². The van der Waals surface area contributed by atoms with Crippen molar-refractivity contribution in [3.63, 3.8) is 0 Å². The summed E-state index contributed by atoms with van der Waals surface area (Å²) in [5.74, 6) is 0.641. The molecule has 1 heterocycles. The number of nitrogens with one attached hydrogen (secondary N) is 1. The van der Waals surface area contributed by atoms with Crippen molar-refractivity contribution in [2.75, 3.05) is 6.54 Å². The van der Waals surface area contributed by atoms with E-state index in [1.165, 1.54) is 17.5 Å². The third-order valence-corrected chi connectivity index (χ3v) is 3.94. The van der Waals surface area contributed by atoms with Gasteiger partial charge in [0.1, 0.15) is 0 Å². The molecule has 1 aromatic carbocycles. The zero-order valence-electron chi connectivity index (χ0n) is 11.8. The van der Waals surface area contributed by atoms with Crippen LogP contribution in [0.1, 0.15) is 69.7 Å². The fourth-order valence-corrected chi connectivity index (χ4v) is 2.70. The lowest BCUT2D eigenvalue weighted by atomic mass is 9.80. The molecule has 0 saturated heterocycles. The van der Waals surface area contributed by atoms with Crippen LogP contribution >= 0.6 is 0 Å². The fraction of sp³-hybridized carbons (Fsp3) is 0.625. The lowest BCUT2D eigenvalue weighted by Gasteiger charge is -2.32. The third-order valence-electron chi connectivity index (χ3n) is 3.94. The highest BCUT2D eigenvalue weighted by atomic mass is 14.9. The second-order valence-corrected chi connectivity index (χ2v) is 6.36. The summed E-state index contributed by atoms with van der Waals surface area (Å²) < 4.78 is 0. The topological polar surface area (TPSA) is 12.0 Å². The van der Waals surface area contributed by atoms with Crippen molar-refractivity contribution >= 4 is 0 Å². The largest absolute Gasteiger partial charge is 0.309 e.